The predicted molar refractivity (Wildman–Crippen MR) is 215 cm³/mol. The number of amides is 2. The molecule has 1 aromatic rings. The van der Waals surface area contributed by atoms with Crippen LogP contribution in [0.2, 0.25) is 0 Å². The monoisotopic (exact) mass is 825 g/mol. The lowest BCUT2D eigenvalue weighted by molar-refractivity contribution is -0.151. The number of thioether (sulfide) groups is 1. The fourth-order valence-corrected chi connectivity index (χ4v) is 12.2. The van der Waals surface area contributed by atoms with Gasteiger partial charge in [-0.25, -0.2) is 4.79 Å². The molecule has 6 unspecified atom stereocenters. The van der Waals surface area contributed by atoms with Crippen molar-refractivity contribution in [1.29, 1.82) is 0 Å². The summed E-state index contributed by atoms with van der Waals surface area (Å²) < 4.78 is 6.56. The first-order valence-corrected chi connectivity index (χ1v) is 21.9. The molecule has 1 aromatic heterocycles. The Morgan fingerprint density at radius 1 is 1.02 bits per heavy atom. The summed E-state index contributed by atoms with van der Waals surface area (Å²) in [6, 6.07) is 1.67. The van der Waals surface area contributed by atoms with Crippen LogP contribution in [0, 0.1) is 29.1 Å². The number of nitrogens with one attached hydrogen (secondary N) is 4. The quantitative estimate of drug-likeness (QED) is 0.0569. The summed E-state index contributed by atoms with van der Waals surface area (Å²) in [5.41, 5.74) is 4.11. The molecule has 58 heavy (non-hydrogen) atoms. The van der Waals surface area contributed by atoms with Crippen molar-refractivity contribution in [1.82, 2.24) is 26.3 Å². The number of nitrogens with zero attached hydrogens (tertiary/aromatic N) is 1. The Labute approximate surface area is 343 Å². The number of aliphatic hydroxyl groups is 2. The smallest absolute Gasteiger partial charge is 0.353 e. The summed E-state index contributed by atoms with van der Waals surface area (Å²) >= 11 is 1.45. The maximum atomic E-state index is 14.4. The molecule has 16 heteroatoms. The van der Waals surface area contributed by atoms with E-state index in [9.17, 15) is 44.4 Å². The first-order chi connectivity index (χ1) is 27.9. The van der Waals surface area contributed by atoms with Crippen LogP contribution >= 0.6 is 11.8 Å². The van der Waals surface area contributed by atoms with E-state index < -0.39 is 48.0 Å². The van der Waals surface area contributed by atoms with Crippen LogP contribution in [0.25, 0.3) is 0 Å². The molecule has 8 N–H and O–H groups in total. The molecule has 1 spiro atoms. The lowest BCUT2D eigenvalue weighted by Crippen LogP contribution is -2.53. The molecule has 2 amide bonds. The maximum absolute atomic E-state index is 14.4. The minimum atomic E-state index is -2.21. The van der Waals surface area contributed by atoms with E-state index in [4.69, 9.17) is 4.74 Å². The summed E-state index contributed by atoms with van der Waals surface area (Å²) in [6.07, 6.45) is 12.6. The molecule has 15 nitrogen and oxygen atoms in total. The van der Waals surface area contributed by atoms with E-state index >= 15 is 0 Å². The van der Waals surface area contributed by atoms with Gasteiger partial charge in [0.25, 0.3) is 0 Å². The number of esters is 1. The molecule has 1 aliphatic heterocycles. The summed E-state index contributed by atoms with van der Waals surface area (Å²) in [5.74, 6) is -3.60. The Bertz CT molecular complexity index is 1730. The molecule has 2 saturated carbocycles. The van der Waals surface area contributed by atoms with Crippen molar-refractivity contribution in [2.24, 2.45) is 29.1 Å². The van der Waals surface area contributed by atoms with Gasteiger partial charge in [-0.2, -0.15) is 0 Å². The molecule has 6 atom stereocenters. The van der Waals surface area contributed by atoms with Crippen LogP contribution in [0.15, 0.2) is 47.0 Å². The molecule has 5 aliphatic carbocycles. The number of allylic oxidation sites excluding steroid dienone is 1. The fraction of sp³-hybridized carbons (Fsp3) is 0.667. The highest BCUT2D eigenvalue weighted by atomic mass is 32.2. The third kappa shape index (κ3) is 9.95. The number of pyridine rings is 1. The number of carboxylic acids is 2. The van der Waals surface area contributed by atoms with Crippen LogP contribution in [0.5, 0.6) is 0 Å². The van der Waals surface area contributed by atoms with Gasteiger partial charge >= 0.3 is 17.9 Å². The highest BCUT2D eigenvalue weighted by Gasteiger charge is 2.56. The van der Waals surface area contributed by atoms with Crippen LogP contribution in [-0.4, -0.2) is 105 Å². The van der Waals surface area contributed by atoms with E-state index in [1.165, 1.54) is 17.3 Å². The van der Waals surface area contributed by atoms with Gasteiger partial charge in [0.05, 0.1) is 5.25 Å². The van der Waals surface area contributed by atoms with E-state index in [2.05, 4.69) is 26.3 Å². The van der Waals surface area contributed by atoms with Crippen molar-refractivity contribution < 1.29 is 49.1 Å². The molecule has 6 aliphatic rings. The Morgan fingerprint density at radius 3 is 2.40 bits per heavy atom. The molecule has 0 saturated heterocycles. The first kappa shape index (κ1) is 43.7. The minimum absolute atomic E-state index is 0.0103. The van der Waals surface area contributed by atoms with Crippen LogP contribution in [0.1, 0.15) is 95.5 Å². The molecule has 0 radical (unpaired) electrons. The lowest BCUT2D eigenvalue weighted by Gasteiger charge is -2.49. The van der Waals surface area contributed by atoms with Gasteiger partial charge in [-0.1, -0.05) is 36.8 Å². The van der Waals surface area contributed by atoms with Gasteiger partial charge in [0.15, 0.2) is 0 Å². The van der Waals surface area contributed by atoms with Crippen LogP contribution in [0.4, 0.5) is 0 Å². The minimum Gasteiger partial charge on any atom is -0.480 e. The number of ether oxygens (including phenoxy) is 1. The van der Waals surface area contributed by atoms with E-state index in [0.29, 0.717) is 36.9 Å². The summed E-state index contributed by atoms with van der Waals surface area (Å²) in [4.78, 5) is 69.1. The molecule has 2 bridgehead atoms. The van der Waals surface area contributed by atoms with Crippen molar-refractivity contribution in [3.05, 3.63) is 52.6 Å². The van der Waals surface area contributed by atoms with Crippen molar-refractivity contribution in [3.63, 3.8) is 0 Å². The van der Waals surface area contributed by atoms with Crippen LogP contribution in [0.3, 0.4) is 0 Å². The van der Waals surface area contributed by atoms with Gasteiger partial charge in [0.1, 0.15) is 23.8 Å². The Balaban J connectivity index is 1.37. The topological polar surface area (TPSA) is 237 Å². The highest BCUT2D eigenvalue weighted by Crippen LogP contribution is 2.62. The molecular formula is C42H59N5O10S. The van der Waals surface area contributed by atoms with Gasteiger partial charge in [-0.15, -0.1) is 11.8 Å². The third-order valence-electron chi connectivity index (χ3n) is 13.2. The number of hydrogen-bond acceptors (Lipinski definition) is 12. The maximum Gasteiger partial charge on any atom is 0.353 e. The number of hydrogen-bond donors (Lipinski definition) is 8. The average molecular weight is 826 g/mol. The second kappa shape index (κ2) is 19.9. The summed E-state index contributed by atoms with van der Waals surface area (Å²) in [7, 11) is 1.65. The number of aromatic nitrogens is 1. The second-order valence-electron chi connectivity index (χ2n) is 16.7. The fourth-order valence-electron chi connectivity index (χ4n) is 10.5. The number of aliphatic hydroxyl groups excluding tert-OH is 2. The number of carboxylic acid groups (broad SMARTS) is 2. The number of rotatable bonds is 19. The zero-order chi connectivity index (χ0) is 41.4. The number of carbonyl (C=O) groups is 5. The van der Waals surface area contributed by atoms with Crippen LogP contribution in [-0.2, 0) is 35.1 Å². The first-order valence-electron chi connectivity index (χ1n) is 20.8. The van der Waals surface area contributed by atoms with Gasteiger partial charge < -0.3 is 41.1 Å². The van der Waals surface area contributed by atoms with Gasteiger partial charge in [-0.3, -0.25) is 29.5 Å². The Hall–Kier alpha value is -3.83. The molecule has 0 aromatic carbocycles. The zero-order valence-corrected chi connectivity index (χ0v) is 34.1. The molecule has 7 rings (SSSR count). The predicted octanol–water partition coefficient (Wildman–Crippen LogP) is 3.02. The number of carbonyl (C=O) groups excluding carboxylic acids is 3. The zero-order valence-electron chi connectivity index (χ0n) is 33.2. The summed E-state index contributed by atoms with van der Waals surface area (Å²) in [6.45, 7) is 0.191. The van der Waals surface area contributed by atoms with Gasteiger partial charge in [0, 0.05) is 37.8 Å². The SMILES string of the molecule is CNCNC(CCC(=O)NC(CSC1C2=C3C(CC(Cc4ccncc4)=C(CCCO)C3C(=O)O2)CC2CCC(CC2)C12CCCC2)C(=O)NC(O)C(=O)O)C(=O)O. The lowest BCUT2D eigenvalue weighted by atomic mass is 9.59. The van der Waals surface area contributed by atoms with Gasteiger partial charge in [0.2, 0.25) is 18.0 Å². The molecular weight excluding hydrogens is 767 g/mol. The Kier molecular flexibility index (Phi) is 15.0. The Morgan fingerprint density at radius 2 is 1.74 bits per heavy atom. The van der Waals surface area contributed by atoms with Crippen molar-refractivity contribution >= 4 is 41.5 Å². The second-order valence-corrected chi connectivity index (χ2v) is 17.8. The highest BCUT2D eigenvalue weighted by molar-refractivity contribution is 8.00. The van der Waals surface area contributed by atoms with Crippen molar-refractivity contribution in [3.8, 4) is 0 Å². The van der Waals surface area contributed by atoms with E-state index in [-0.39, 0.29) is 54.4 Å². The van der Waals surface area contributed by atoms with E-state index in [1.807, 2.05) is 12.1 Å². The van der Waals surface area contributed by atoms with E-state index in [0.717, 1.165) is 80.9 Å². The molecule has 2 fully saturated rings. The van der Waals surface area contributed by atoms with Crippen molar-refractivity contribution in [2.45, 2.75) is 120 Å². The number of aliphatic carboxylic acids is 2. The molecule has 318 valence electrons. The van der Waals surface area contributed by atoms with Gasteiger partial charge in [-0.05, 0) is 118 Å². The number of fused-ring (bicyclic) bond motifs is 2. The third-order valence-corrected chi connectivity index (χ3v) is 14.7. The molecule has 2 heterocycles. The average Bonchev–Trinajstić information content (AvgIpc) is 3.83. The summed E-state index contributed by atoms with van der Waals surface area (Å²) in [5, 5.41) is 49.2. The van der Waals surface area contributed by atoms with Crippen LogP contribution < -0.4 is 21.3 Å². The van der Waals surface area contributed by atoms with Crippen molar-refractivity contribution in [2.75, 3.05) is 26.1 Å². The van der Waals surface area contributed by atoms with E-state index in [1.54, 1.807) is 19.4 Å². The normalized spacial score (nSPS) is 26.5. The largest absolute Gasteiger partial charge is 0.480 e. The standard InChI is InChI=1S/C42H59N5O10S/c1-43-23-45-30(39(52)53)10-11-32(49)46-31(37(50)47-38(51)40(54)55)22-58-36-35-33-27(20-24-6-8-28(9-7-24)42(36)14-2-3-15-42)21-26(19-25-12-16-44-17-13-25)29(5-4-18-48)34(33)41(56)57-35/h12-13,16-17,24,27-28,30-31,34,36,38,43,45,48,51H,2-11,14-15,18-23H2,1H3,(H,46,49)(H,47,50)(H,52,53)(H,54,55).